The maximum absolute atomic E-state index is 11.7. The van der Waals surface area contributed by atoms with Crippen LogP contribution in [0.4, 0.5) is 0 Å². The number of nitrogens with zero attached hydrogens (tertiary/aromatic N) is 1. The zero-order valence-electron chi connectivity index (χ0n) is 8.69. The summed E-state index contributed by atoms with van der Waals surface area (Å²) in [4.78, 5) is 12.3. The smallest absolute Gasteiger partial charge is 0.261 e. The van der Waals surface area contributed by atoms with E-state index in [0.717, 1.165) is 5.56 Å². The Labute approximate surface area is 96.4 Å². The minimum Gasteiger partial charge on any atom is -0.496 e. The third-order valence-electron chi connectivity index (χ3n) is 2.04. The van der Waals surface area contributed by atoms with Crippen molar-refractivity contribution < 1.29 is 9.53 Å². The number of ether oxygens (including phenoxy) is 1. The van der Waals surface area contributed by atoms with Crippen LogP contribution in [0.3, 0.4) is 0 Å². The van der Waals surface area contributed by atoms with Crippen molar-refractivity contribution in [1.82, 2.24) is 15.5 Å². The van der Waals surface area contributed by atoms with Gasteiger partial charge in [0.2, 0.25) is 0 Å². The van der Waals surface area contributed by atoms with E-state index in [1.54, 1.807) is 30.9 Å². The molecule has 2 aromatic rings. The first kappa shape index (κ1) is 10.7. The van der Waals surface area contributed by atoms with Gasteiger partial charge in [-0.3, -0.25) is 9.89 Å². The first-order valence-electron chi connectivity index (χ1n) is 4.68. The molecule has 0 aliphatic rings. The molecule has 0 aliphatic heterocycles. The minimum atomic E-state index is -0.102. The summed E-state index contributed by atoms with van der Waals surface area (Å²) in [5.74, 6) is 0.605. The van der Waals surface area contributed by atoms with Crippen LogP contribution in [0.15, 0.2) is 23.8 Å². The molecule has 84 valence electrons. The molecular formula is C10H11N3O2S. The standard InChI is InChI=1S/C10H11N3O2S/c1-15-8-2-9(16-6-8)10(14)11-3-7-4-12-13-5-7/h2,4-6H,3H2,1H3,(H,11,14)(H,12,13). The molecule has 0 radical (unpaired) electrons. The van der Waals surface area contributed by atoms with Crippen LogP contribution in [0.1, 0.15) is 15.2 Å². The van der Waals surface area contributed by atoms with E-state index in [1.165, 1.54) is 11.3 Å². The van der Waals surface area contributed by atoms with Crippen molar-refractivity contribution in [2.24, 2.45) is 0 Å². The molecule has 2 N–H and O–H groups in total. The Bertz CT molecular complexity index is 464. The van der Waals surface area contributed by atoms with Crippen LogP contribution in [0.5, 0.6) is 5.75 Å². The monoisotopic (exact) mass is 237 g/mol. The van der Waals surface area contributed by atoms with Gasteiger partial charge >= 0.3 is 0 Å². The highest BCUT2D eigenvalue weighted by atomic mass is 32.1. The van der Waals surface area contributed by atoms with Gasteiger partial charge < -0.3 is 10.1 Å². The zero-order valence-corrected chi connectivity index (χ0v) is 9.50. The van der Waals surface area contributed by atoms with Gasteiger partial charge in [-0.2, -0.15) is 5.10 Å². The molecule has 2 heterocycles. The van der Waals surface area contributed by atoms with Crippen molar-refractivity contribution >= 4 is 17.2 Å². The number of nitrogens with one attached hydrogen (secondary N) is 2. The van der Waals surface area contributed by atoms with E-state index in [9.17, 15) is 4.79 Å². The largest absolute Gasteiger partial charge is 0.496 e. The van der Waals surface area contributed by atoms with Crippen molar-refractivity contribution in [2.75, 3.05) is 7.11 Å². The first-order chi connectivity index (χ1) is 7.79. The Balaban J connectivity index is 1.93. The summed E-state index contributed by atoms with van der Waals surface area (Å²) in [6, 6.07) is 1.72. The Morgan fingerprint density at radius 1 is 1.69 bits per heavy atom. The molecule has 0 fully saturated rings. The number of thiophene rings is 1. The quantitative estimate of drug-likeness (QED) is 0.844. The number of carbonyl (C=O) groups excluding carboxylic acids is 1. The molecule has 0 saturated heterocycles. The lowest BCUT2D eigenvalue weighted by Crippen LogP contribution is -2.21. The Hall–Kier alpha value is -1.82. The molecule has 0 spiro atoms. The molecule has 0 aromatic carbocycles. The molecule has 2 rings (SSSR count). The lowest BCUT2D eigenvalue weighted by atomic mass is 10.3. The number of rotatable bonds is 4. The van der Waals surface area contributed by atoms with E-state index in [1.807, 2.05) is 0 Å². The summed E-state index contributed by atoms with van der Waals surface area (Å²) >= 11 is 1.36. The van der Waals surface area contributed by atoms with Crippen LogP contribution in [-0.4, -0.2) is 23.2 Å². The highest BCUT2D eigenvalue weighted by molar-refractivity contribution is 7.12. The lowest BCUT2D eigenvalue weighted by Gasteiger charge is -2.00. The molecule has 2 aromatic heterocycles. The fourth-order valence-electron chi connectivity index (χ4n) is 1.19. The summed E-state index contributed by atoms with van der Waals surface area (Å²) in [5.41, 5.74) is 0.942. The maximum atomic E-state index is 11.7. The van der Waals surface area contributed by atoms with Crippen LogP contribution in [-0.2, 0) is 6.54 Å². The molecule has 1 amide bonds. The zero-order chi connectivity index (χ0) is 11.4. The SMILES string of the molecule is COc1csc(C(=O)NCc2cn[nH]c2)c1. The van der Waals surface area contributed by atoms with Gasteiger partial charge in [-0.1, -0.05) is 0 Å². The van der Waals surface area contributed by atoms with Crippen LogP contribution < -0.4 is 10.1 Å². The van der Waals surface area contributed by atoms with Crippen LogP contribution in [0.25, 0.3) is 0 Å². The summed E-state index contributed by atoms with van der Waals surface area (Å²) in [6.07, 6.45) is 3.42. The summed E-state index contributed by atoms with van der Waals surface area (Å²) in [5, 5.41) is 11.1. The number of H-pyrrole nitrogens is 1. The van der Waals surface area contributed by atoms with Crippen molar-refractivity contribution in [2.45, 2.75) is 6.54 Å². The number of hydrogen-bond acceptors (Lipinski definition) is 4. The van der Waals surface area contributed by atoms with Gasteiger partial charge in [0.05, 0.1) is 18.2 Å². The summed E-state index contributed by atoms with van der Waals surface area (Å²) in [6.45, 7) is 0.468. The van der Waals surface area contributed by atoms with E-state index in [4.69, 9.17) is 4.74 Å². The van der Waals surface area contributed by atoms with Crippen LogP contribution in [0.2, 0.25) is 0 Å². The fraction of sp³-hybridized carbons (Fsp3) is 0.200. The Morgan fingerprint density at radius 3 is 3.19 bits per heavy atom. The second-order valence-corrected chi connectivity index (χ2v) is 4.05. The topological polar surface area (TPSA) is 67.0 Å². The number of methoxy groups -OCH3 is 1. The molecule has 0 saturated carbocycles. The van der Waals surface area contributed by atoms with Crippen LogP contribution >= 0.6 is 11.3 Å². The maximum Gasteiger partial charge on any atom is 0.261 e. The molecule has 0 aliphatic carbocycles. The van der Waals surface area contributed by atoms with E-state index < -0.39 is 0 Å². The average Bonchev–Trinajstić information content (AvgIpc) is 2.96. The van der Waals surface area contributed by atoms with E-state index in [2.05, 4.69) is 15.5 Å². The number of carbonyl (C=O) groups is 1. The molecule has 6 heteroatoms. The number of amides is 1. The predicted molar refractivity (Wildman–Crippen MR) is 60.6 cm³/mol. The van der Waals surface area contributed by atoms with Crippen molar-refractivity contribution in [3.8, 4) is 5.75 Å². The molecule has 0 atom stereocenters. The fourth-order valence-corrected chi connectivity index (χ4v) is 1.96. The van der Waals surface area contributed by atoms with Crippen LogP contribution in [0, 0.1) is 0 Å². The molecule has 16 heavy (non-hydrogen) atoms. The lowest BCUT2D eigenvalue weighted by molar-refractivity contribution is 0.0955. The predicted octanol–water partition coefficient (Wildman–Crippen LogP) is 1.41. The Morgan fingerprint density at radius 2 is 2.56 bits per heavy atom. The van der Waals surface area contributed by atoms with Gasteiger partial charge in [0.15, 0.2) is 0 Å². The van der Waals surface area contributed by atoms with Gasteiger partial charge in [0, 0.05) is 29.8 Å². The van der Waals surface area contributed by atoms with Gasteiger partial charge in [0.1, 0.15) is 5.75 Å². The van der Waals surface area contributed by atoms with Crippen molar-refractivity contribution in [3.05, 3.63) is 34.3 Å². The van der Waals surface area contributed by atoms with E-state index in [0.29, 0.717) is 17.2 Å². The van der Waals surface area contributed by atoms with Crippen molar-refractivity contribution in [1.29, 1.82) is 0 Å². The molecule has 5 nitrogen and oxygen atoms in total. The van der Waals surface area contributed by atoms with E-state index in [-0.39, 0.29) is 5.91 Å². The minimum absolute atomic E-state index is 0.102. The number of aromatic amines is 1. The third kappa shape index (κ3) is 2.40. The van der Waals surface area contributed by atoms with Gasteiger partial charge in [-0.15, -0.1) is 11.3 Å². The molecule has 0 bridgehead atoms. The average molecular weight is 237 g/mol. The highest BCUT2D eigenvalue weighted by Gasteiger charge is 2.08. The summed E-state index contributed by atoms with van der Waals surface area (Å²) < 4.78 is 5.01. The second kappa shape index (κ2) is 4.80. The number of aromatic nitrogens is 2. The Kier molecular flexibility index (Phi) is 3.21. The van der Waals surface area contributed by atoms with Gasteiger partial charge in [-0.25, -0.2) is 0 Å². The normalized spacial score (nSPS) is 10.1. The summed E-state index contributed by atoms with van der Waals surface area (Å²) in [7, 11) is 1.58. The second-order valence-electron chi connectivity index (χ2n) is 3.14. The first-order valence-corrected chi connectivity index (χ1v) is 5.56. The molecular weight excluding hydrogens is 226 g/mol. The highest BCUT2D eigenvalue weighted by Crippen LogP contribution is 2.20. The van der Waals surface area contributed by atoms with Crippen molar-refractivity contribution in [3.63, 3.8) is 0 Å². The number of hydrogen-bond donors (Lipinski definition) is 2. The van der Waals surface area contributed by atoms with Gasteiger partial charge in [0.25, 0.3) is 5.91 Å². The molecule has 0 unspecified atom stereocenters. The van der Waals surface area contributed by atoms with Gasteiger partial charge in [-0.05, 0) is 0 Å². The van der Waals surface area contributed by atoms with E-state index >= 15 is 0 Å². The third-order valence-corrected chi connectivity index (χ3v) is 2.95.